The van der Waals surface area contributed by atoms with Gasteiger partial charge in [0.05, 0.1) is 10.9 Å². The fourth-order valence-electron chi connectivity index (χ4n) is 1.93. The fourth-order valence-corrected chi connectivity index (χ4v) is 3.55. The first-order chi connectivity index (χ1) is 8.16. The molecular formula is C12H16N2O2S. The van der Waals surface area contributed by atoms with E-state index in [1.165, 1.54) is 4.31 Å². The number of nitrogens with zero attached hydrogens (tertiary/aromatic N) is 1. The van der Waals surface area contributed by atoms with E-state index < -0.39 is 10.0 Å². The van der Waals surface area contributed by atoms with E-state index in [9.17, 15) is 8.42 Å². The molecule has 17 heavy (non-hydrogen) atoms. The second-order valence-corrected chi connectivity index (χ2v) is 5.83. The molecule has 0 aromatic heterocycles. The minimum atomic E-state index is -3.40. The summed E-state index contributed by atoms with van der Waals surface area (Å²) in [5.41, 5.74) is 0. The highest BCUT2D eigenvalue weighted by molar-refractivity contribution is 7.89. The predicted molar refractivity (Wildman–Crippen MR) is 67.2 cm³/mol. The minimum Gasteiger partial charge on any atom is -0.314 e. The number of piperazine rings is 1. The van der Waals surface area contributed by atoms with Crippen LogP contribution in [0.4, 0.5) is 0 Å². The zero-order valence-corrected chi connectivity index (χ0v) is 10.4. The fraction of sp³-hybridized carbons (Fsp3) is 0.333. The monoisotopic (exact) mass is 252 g/mol. The van der Waals surface area contributed by atoms with Gasteiger partial charge in [-0.3, -0.25) is 0 Å². The summed E-state index contributed by atoms with van der Waals surface area (Å²) in [6, 6.07) is 8.35. The molecule has 1 aliphatic rings. The van der Waals surface area contributed by atoms with E-state index in [2.05, 4.69) is 11.9 Å². The number of benzene rings is 1. The van der Waals surface area contributed by atoms with E-state index >= 15 is 0 Å². The van der Waals surface area contributed by atoms with Crippen molar-refractivity contribution in [2.24, 2.45) is 0 Å². The molecule has 0 unspecified atom stereocenters. The van der Waals surface area contributed by atoms with Gasteiger partial charge in [0.2, 0.25) is 10.0 Å². The van der Waals surface area contributed by atoms with Gasteiger partial charge in [0, 0.05) is 19.6 Å². The summed E-state index contributed by atoms with van der Waals surface area (Å²) < 4.78 is 26.3. The van der Waals surface area contributed by atoms with Crippen LogP contribution in [0.1, 0.15) is 0 Å². The van der Waals surface area contributed by atoms with Crippen molar-refractivity contribution in [3.63, 3.8) is 0 Å². The lowest BCUT2D eigenvalue weighted by atomic mass is 10.2. The van der Waals surface area contributed by atoms with Crippen LogP contribution < -0.4 is 5.32 Å². The average molecular weight is 252 g/mol. The van der Waals surface area contributed by atoms with Crippen LogP contribution in [0, 0.1) is 0 Å². The Kier molecular flexibility index (Phi) is 3.61. The number of hydrogen-bond donors (Lipinski definition) is 1. The molecule has 4 nitrogen and oxygen atoms in total. The number of rotatable bonds is 3. The van der Waals surface area contributed by atoms with Crippen molar-refractivity contribution in [2.45, 2.75) is 10.9 Å². The minimum absolute atomic E-state index is 0.172. The van der Waals surface area contributed by atoms with Gasteiger partial charge in [-0.25, -0.2) is 8.42 Å². The Balaban J connectivity index is 2.34. The summed E-state index contributed by atoms with van der Waals surface area (Å²) >= 11 is 0. The molecule has 1 fully saturated rings. The van der Waals surface area contributed by atoms with Gasteiger partial charge in [-0.2, -0.15) is 4.31 Å². The first kappa shape index (κ1) is 12.3. The quantitative estimate of drug-likeness (QED) is 0.811. The molecule has 0 amide bonds. The maximum atomic E-state index is 12.4. The smallest absolute Gasteiger partial charge is 0.243 e. The normalized spacial score (nSPS) is 22.2. The highest BCUT2D eigenvalue weighted by atomic mass is 32.2. The molecule has 1 heterocycles. The molecule has 5 heteroatoms. The lowest BCUT2D eigenvalue weighted by Crippen LogP contribution is -2.52. The Morgan fingerprint density at radius 1 is 1.35 bits per heavy atom. The molecule has 2 rings (SSSR count). The van der Waals surface area contributed by atoms with Crippen molar-refractivity contribution in [3.8, 4) is 0 Å². The Hall–Kier alpha value is -1.17. The maximum absolute atomic E-state index is 12.4. The van der Waals surface area contributed by atoms with Gasteiger partial charge < -0.3 is 5.32 Å². The van der Waals surface area contributed by atoms with Crippen LogP contribution in [-0.2, 0) is 10.0 Å². The lowest BCUT2D eigenvalue weighted by molar-refractivity contribution is 0.307. The molecule has 0 radical (unpaired) electrons. The van der Waals surface area contributed by atoms with Crippen LogP contribution in [0.25, 0.3) is 0 Å². The molecule has 92 valence electrons. The number of hydrogen-bond acceptors (Lipinski definition) is 3. The van der Waals surface area contributed by atoms with Crippen LogP contribution in [0.15, 0.2) is 47.9 Å². The van der Waals surface area contributed by atoms with E-state index in [1.54, 1.807) is 30.3 Å². The summed E-state index contributed by atoms with van der Waals surface area (Å²) in [7, 11) is -3.40. The summed E-state index contributed by atoms with van der Waals surface area (Å²) in [5.74, 6) is 0. The van der Waals surface area contributed by atoms with Gasteiger partial charge in [0.25, 0.3) is 0 Å². The van der Waals surface area contributed by atoms with Crippen molar-refractivity contribution in [3.05, 3.63) is 43.0 Å². The van der Waals surface area contributed by atoms with E-state index in [-0.39, 0.29) is 6.04 Å². The molecular weight excluding hydrogens is 236 g/mol. The highest BCUT2D eigenvalue weighted by Gasteiger charge is 2.31. The van der Waals surface area contributed by atoms with E-state index in [0.717, 1.165) is 0 Å². The predicted octanol–water partition coefficient (Wildman–Crippen LogP) is 0.835. The first-order valence-corrected chi connectivity index (χ1v) is 7.00. The molecule has 1 aliphatic heterocycles. The largest absolute Gasteiger partial charge is 0.314 e. The molecule has 0 spiro atoms. The van der Waals surface area contributed by atoms with Crippen LogP contribution in [0.3, 0.4) is 0 Å². The molecule has 1 N–H and O–H groups in total. The third-order valence-electron chi connectivity index (χ3n) is 2.85. The Bertz CT molecular complexity index is 484. The van der Waals surface area contributed by atoms with Gasteiger partial charge >= 0.3 is 0 Å². The van der Waals surface area contributed by atoms with E-state index in [0.29, 0.717) is 24.5 Å². The molecule has 1 atom stereocenters. The second kappa shape index (κ2) is 5.00. The Labute approximate surface area is 102 Å². The SMILES string of the molecule is C=C[C@H]1CNCCN1S(=O)(=O)c1ccccc1. The average Bonchev–Trinajstić information content (AvgIpc) is 2.39. The third-order valence-corrected chi connectivity index (χ3v) is 4.79. The summed E-state index contributed by atoms with van der Waals surface area (Å²) in [5, 5.41) is 3.16. The zero-order chi connectivity index (χ0) is 12.3. The van der Waals surface area contributed by atoms with Crippen molar-refractivity contribution < 1.29 is 8.42 Å². The number of nitrogens with one attached hydrogen (secondary N) is 1. The van der Waals surface area contributed by atoms with Crippen molar-refractivity contribution in [1.82, 2.24) is 9.62 Å². The van der Waals surface area contributed by atoms with Crippen LogP contribution in [-0.4, -0.2) is 38.4 Å². The van der Waals surface area contributed by atoms with Gasteiger partial charge in [-0.1, -0.05) is 24.3 Å². The molecule has 1 aromatic carbocycles. The van der Waals surface area contributed by atoms with Crippen LogP contribution >= 0.6 is 0 Å². The lowest BCUT2D eigenvalue weighted by Gasteiger charge is -2.33. The molecule has 0 saturated carbocycles. The summed E-state index contributed by atoms with van der Waals surface area (Å²) in [6.45, 7) is 5.47. The topological polar surface area (TPSA) is 49.4 Å². The van der Waals surface area contributed by atoms with Crippen LogP contribution in [0.5, 0.6) is 0 Å². The Morgan fingerprint density at radius 2 is 2.06 bits per heavy atom. The highest BCUT2D eigenvalue weighted by Crippen LogP contribution is 2.19. The Morgan fingerprint density at radius 3 is 2.71 bits per heavy atom. The number of sulfonamides is 1. The van der Waals surface area contributed by atoms with Gasteiger partial charge in [-0.05, 0) is 12.1 Å². The van der Waals surface area contributed by atoms with Crippen molar-refractivity contribution in [1.29, 1.82) is 0 Å². The van der Waals surface area contributed by atoms with Crippen molar-refractivity contribution in [2.75, 3.05) is 19.6 Å². The van der Waals surface area contributed by atoms with E-state index in [4.69, 9.17) is 0 Å². The van der Waals surface area contributed by atoms with Gasteiger partial charge in [0.1, 0.15) is 0 Å². The van der Waals surface area contributed by atoms with Gasteiger partial charge in [0.15, 0.2) is 0 Å². The molecule has 1 aromatic rings. The molecule has 0 aliphatic carbocycles. The molecule has 0 bridgehead atoms. The summed E-state index contributed by atoms with van der Waals surface area (Å²) in [6.07, 6.45) is 1.67. The van der Waals surface area contributed by atoms with Gasteiger partial charge in [-0.15, -0.1) is 6.58 Å². The maximum Gasteiger partial charge on any atom is 0.243 e. The molecule has 1 saturated heterocycles. The zero-order valence-electron chi connectivity index (χ0n) is 9.54. The second-order valence-electron chi connectivity index (χ2n) is 3.94. The van der Waals surface area contributed by atoms with Crippen molar-refractivity contribution >= 4 is 10.0 Å². The van der Waals surface area contributed by atoms with E-state index in [1.807, 2.05) is 6.07 Å². The van der Waals surface area contributed by atoms with Crippen LogP contribution in [0.2, 0.25) is 0 Å². The third kappa shape index (κ3) is 2.41. The standard InChI is InChI=1S/C12H16N2O2S/c1-2-11-10-13-8-9-14(11)17(15,16)12-6-4-3-5-7-12/h2-7,11,13H,1,8-10H2/t11-/m0/s1. The first-order valence-electron chi connectivity index (χ1n) is 5.56. The summed E-state index contributed by atoms with van der Waals surface area (Å²) in [4.78, 5) is 0.341.